The molecule has 1 N–H and O–H groups in total. The number of carbonyl (C=O) groups is 1. The Bertz CT molecular complexity index is 1110. The van der Waals surface area contributed by atoms with Crippen LogP contribution in [-0.4, -0.2) is 43.4 Å². The largest absolute Gasteiger partial charge is 0.346 e. The third-order valence-electron chi connectivity index (χ3n) is 7.13. The lowest BCUT2D eigenvalue weighted by Gasteiger charge is -2.34. The normalized spacial score (nSPS) is 23.1. The number of hydrogen-bond donors (Lipinski definition) is 1. The van der Waals surface area contributed by atoms with Crippen LogP contribution in [0, 0.1) is 17.2 Å². The molecule has 1 saturated heterocycles. The van der Waals surface area contributed by atoms with Gasteiger partial charge in [0, 0.05) is 50.0 Å². The maximum Gasteiger partial charge on any atom is 0.219 e. The average molecular weight is 405 g/mol. The molecule has 0 atom stereocenters. The predicted molar refractivity (Wildman–Crippen MR) is 115 cm³/mol. The Morgan fingerprint density at radius 1 is 1.23 bits per heavy atom. The summed E-state index contributed by atoms with van der Waals surface area (Å²) in [6.45, 7) is 3.26. The quantitative estimate of drug-likeness (QED) is 0.705. The number of imidazole rings is 1. The number of hydrogen-bond acceptors (Lipinski definition) is 4. The van der Waals surface area contributed by atoms with Gasteiger partial charge in [0.15, 0.2) is 0 Å². The average Bonchev–Trinajstić information content (AvgIpc) is 3.39. The second-order valence-electron chi connectivity index (χ2n) is 8.89. The summed E-state index contributed by atoms with van der Waals surface area (Å²) in [7, 11) is 0. The highest BCUT2D eigenvalue weighted by atomic mass is 16.2. The van der Waals surface area contributed by atoms with Gasteiger partial charge >= 0.3 is 0 Å². The van der Waals surface area contributed by atoms with E-state index in [1.165, 1.54) is 5.52 Å². The summed E-state index contributed by atoms with van der Waals surface area (Å²) >= 11 is 0. The summed E-state index contributed by atoms with van der Waals surface area (Å²) in [5, 5.41) is 10.2. The van der Waals surface area contributed by atoms with Crippen LogP contribution >= 0.6 is 0 Å². The number of likely N-dealkylation sites (tertiary alicyclic amines) is 1. The van der Waals surface area contributed by atoms with E-state index in [2.05, 4.69) is 26.7 Å². The Morgan fingerprint density at radius 2 is 2.00 bits per heavy atom. The fourth-order valence-electron chi connectivity index (χ4n) is 5.46. The minimum Gasteiger partial charge on any atom is -0.346 e. The van der Waals surface area contributed by atoms with Gasteiger partial charge in [0.25, 0.3) is 0 Å². The van der Waals surface area contributed by atoms with Crippen molar-refractivity contribution in [2.45, 2.75) is 63.8 Å². The molecule has 2 fully saturated rings. The first-order valence-corrected chi connectivity index (χ1v) is 11.1. The van der Waals surface area contributed by atoms with Gasteiger partial charge in [-0.2, -0.15) is 5.26 Å². The highest BCUT2D eigenvalue weighted by Gasteiger charge is 2.31. The maximum atomic E-state index is 11.8. The maximum absolute atomic E-state index is 11.8. The van der Waals surface area contributed by atoms with Gasteiger partial charge in [-0.05, 0) is 50.5 Å². The Kier molecular flexibility index (Phi) is 4.93. The lowest BCUT2D eigenvalue weighted by molar-refractivity contribution is -0.129. The summed E-state index contributed by atoms with van der Waals surface area (Å²) in [6.07, 6.45) is 10.8. The molecule has 4 heterocycles. The number of pyridine rings is 1. The molecule has 3 aromatic rings. The van der Waals surface area contributed by atoms with Gasteiger partial charge in [-0.15, -0.1) is 0 Å². The highest BCUT2D eigenvalue weighted by molar-refractivity contribution is 6.01. The van der Waals surface area contributed by atoms with E-state index in [0.717, 1.165) is 74.0 Å². The van der Waals surface area contributed by atoms with Gasteiger partial charge in [-0.1, -0.05) is 0 Å². The molecule has 7 nitrogen and oxygen atoms in total. The number of aromatic nitrogens is 4. The SMILES string of the molecule is CC(=O)N1CCC(c2nc3cnc4[nH]ccc4c3n2[C@H]2CC[C@H](CC#N)CC2)CC1. The van der Waals surface area contributed by atoms with Crippen LogP contribution in [0.3, 0.4) is 0 Å². The van der Waals surface area contributed by atoms with E-state index in [1.807, 2.05) is 17.3 Å². The van der Waals surface area contributed by atoms with Crippen molar-refractivity contribution in [3.8, 4) is 6.07 Å². The lowest BCUT2D eigenvalue weighted by Crippen LogP contribution is -2.37. The summed E-state index contributed by atoms with van der Waals surface area (Å²) in [5.74, 6) is 2.21. The number of nitrogens with one attached hydrogen (secondary N) is 1. The zero-order valence-electron chi connectivity index (χ0n) is 17.5. The lowest BCUT2D eigenvalue weighted by atomic mass is 9.84. The molecule has 0 radical (unpaired) electrons. The Balaban J connectivity index is 1.55. The Labute approximate surface area is 176 Å². The first-order valence-electron chi connectivity index (χ1n) is 11.1. The minimum absolute atomic E-state index is 0.163. The van der Waals surface area contributed by atoms with E-state index in [9.17, 15) is 4.79 Å². The molecule has 2 aliphatic rings. The number of piperidine rings is 1. The Morgan fingerprint density at radius 3 is 2.70 bits per heavy atom. The molecule has 30 heavy (non-hydrogen) atoms. The van der Waals surface area contributed by atoms with Crippen molar-refractivity contribution in [1.29, 1.82) is 5.26 Å². The van der Waals surface area contributed by atoms with Crippen molar-refractivity contribution < 1.29 is 4.79 Å². The minimum atomic E-state index is 0.163. The van der Waals surface area contributed by atoms with Crippen molar-refractivity contribution in [2.24, 2.45) is 5.92 Å². The van der Waals surface area contributed by atoms with Gasteiger partial charge in [0.2, 0.25) is 5.91 Å². The molecule has 1 aliphatic carbocycles. The van der Waals surface area contributed by atoms with Crippen LogP contribution in [0.1, 0.15) is 69.7 Å². The fourth-order valence-corrected chi connectivity index (χ4v) is 5.46. The number of aromatic amines is 1. The van der Waals surface area contributed by atoms with E-state index >= 15 is 0 Å². The zero-order chi connectivity index (χ0) is 20.7. The molecule has 0 spiro atoms. The van der Waals surface area contributed by atoms with Crippen molar-refractivity contribution in [3.63, 3.8) is 0 Å². The predicted octanol–water partition coefficient (Wildman–Crippen LogP) is 4.28. The topological polar surface area (TPSA) is 90.6 Å². The van der Waals surface area contributed by atoms with Crippen molar-refractivity contribution in [3.05, 3.63) is 24.3 Å². The molecule has 5 rings (SSSR count). The number of carbonyl (C=O) groups excluding carboxylic acids is 1. The van der Waals surface area contributed by atoms with Gasteiger partial charge in [-0.3, -0.25) is 4.79 Å². The van der Waals surface area contributed by atoms with Crippen LogP contribution in [0.5, 0.6) is 0 Å². The number of nitrogens with zero attached hydrogens (tertiary/aromatic N) is 5. The molecule has 3 aromatic heterocycles. The standard InChI is InChI=1S/C23H28N6O/c1-15(30)28-12-8-17(9-13-28)23-27-20-14-26-22-19(7-11-25-22)21(20)29(23)18-4-2-16(3-5-18)6-10-24/h7,11,14,16-18H,2-6,8-9,12-13H2,1H3,(H,25,26)/t16-,18-. The first-order chi connectivity index (χ1) is 14.7. The molecule has 0 unspecified atom stereocenters. The number of H-pyrrole nitrogens is 1. The van der Waals surface area contributed by atoms with Gasteiger partial charge < -0.3 is 14.5 Å². The highest BCUT2D eigenvalue weighted by Crippen LogP contribution is 2.40. The van der Waals surface area contributed by atoms with E-state index < -0.39 is 0 Å². The molecule has 156 valence electrons. The summed E-state index contributed by atoms with van der Waals surface area (Å²) in [6, 6.07) is 4.86. The number of nitriles is 1. The number of fused-ring (bicyclic) bond motifs is 3. The second kappa shape index (κ2) is 7.75. The molecular weight excluding hydrogens is 376 g/mol. The van der Waals surface area contributed by atoms with E-state index in [0.29, 0.717) is 24.3 Å². The van der Waals surface area contributed by atoms with Crippen molar-refractivity contribution in [1.82, 2.24) is 24.4 Å². The summed E-state index contributed by atoms with van der Waals surface area (Å²) in [4.78, 5) is 26.6. The monoisotopic (exact) mass is 404 g/mol. The molecule has 7 heteroatoms. The van der Waals surface area contributed by atoms with Crippen molar-refractivity contribution in [2.75, 3.05) is 13.1 Å². The molecule has 0 aromatic carbocycles. The van der Waals surface area contributed by atoms with Crippen LogP contribution < -0.4 is 0 Å². The number of amides is 1. The van der Waals surface area contributed by atoms with Crippen molar-refractivity contribution >= 4 is 28.0 Å². The second-order valence-corrected chi connectivity index (χ2v) is 8.89. The summed E-state index contributed by atoms with van der Waals surface area (Å²) < 4.78 is 2.50. The van der Waals surface area contributed by atoms with Crippen LogP contribution in [-0.2, 0) is 4.79 Å². The van der Waals surface area contributed by atoms with Crippen LogP contribution in [0.15, 0.2) is 18.5 Å². The third kappa shape index (κ3) is 3.24. The molecule has 1 saturated carbocycles. The van der Waals surface area contributed by atoms with Crippen LogP contribution in [0.25, 0.3) is 22.1 Å². The van der Waals surface area contributed by atoms with E-state index in [4.69, 9.17) is 10.2 Å². The molecule has 1 aliphatic heterocycles. The van der Waals surface area contributed by atoms with Gasteiger partial charge in [0.1, 0.15) is 17.0 Å². The van der Waals surface area contributed by atoms with E-state index in [1.54, 1.807) is 6.92 Å². The zero-order valence-corrected chi connectivity index (χ0v) is 17.5. The third-order valence-corrected chi connectivity index (χ3v) is 7.13. The first kappa shape index (κ1) is 19.1. The molecule has 1 amide bonds. The molecular formula is C23H28N6O. The number of rotatable bonds is 3. The van der Waals surface area contributed by atoms with Gasteiger partial charge in [-0.25, -0.2) is 9.97 Å². The van der Waals surface area contributed by atoms with Crippen LogP contribution in [0.4, 0.5) is 0 Å². The van der Waals surface area contributed by atoms with Gasteiger partial charge in [0.05, 0.1) is 17.8 Å². The van der Waals surface area contributed by atoms with E-state index in [-0.39, 0.29) is 5.91 Å². The Hall–Kier alpha value is -2.88. The summed E-state index contributed by atoms with van der Waals surface area (Å²) in [5.41, 5.74) is 3.05. The smallest absolute Gasteiger partial charge is 0.219 e. The van der Waals surface area contributed by atoms with Crippen LogP contribution in [0.2, 0.25) is 0 Å². The fraction of sp³-hybridized carbons (Fsp3) is 0.565. The molecule has 0 bridgehead atoms.